The first kappa shape index (κ1) is 17.5. The highest BCUT2D eigenvalue weighted by Gasteiger charge is 2.42. The molecule has 0 aliphatic carbocycles. The van der Waals surface area contributed by atoms with Crippen molar-refractivity contribution in [3.63, 3.8) is 0 Å². The first-order valence-corrected chi connectivity index (χ1v) is 8.09. The van der Waals surface area contributed by atoms with Crippen LogP contribution < -0.4 is 0 Å². The van der Waals surface area contributed by atoms with E-state index in [0.29, 0.717) is 17.0 Å². The van der Waals surface area contributed by atoms with Crippen molar-refractivity contribution in [2.24, 2.45) is 4.99 Å². The molecule has 3 rings (SSSR count). The zero-order valence-corrected chi connectivity index (χ0v) is 14.3. The van der Waals surface area contributed by atoms with Gasteiger partial charge in [0.1, 0.15) is 0 Å². The van der Waals surface area contributed by atoms with Gasteiger partial charge in [0.25, 0.3) is 11.7 Å². The van der Waals surface area contributed by atoms with E-state index in [4.69, 9.17) is 0 Å². The molecule has 0 radical (unpaired) electrons. The molecule has 0 saturated carbocycles. The number of benzene rings is 2. The molecule has 1 heterocycles. The lowest BCUT2D eigenvalue weighted by Crippen LogP contribution is -2.37. The van der Waals surface area contributed by atoms with Gasteiger partial charge in [0, 0.05) is 22.8 Å². The smallest absolute Gasteiger partial charge is 0.264 e. The molecule has 1 aliphatic rings. The second kappa shape index (κ2) is 6.87. The Balaban J connectivity index is 2.25. The largest absolute Gasteiger partial charge is 0.269 e. The quantitative estimate of drug-likeness (QED) is 0.608. The Morgan fingerprint density at radius 2 is 1.65 bits per heavy atom. The van der Waals surface area contributed by atoms with Crippen LogP contribution >= 0.6 is 0 Å². The van der Waals surface area contributed by atoms with E-state index in [-0.39, 0.29) is 10.6 Å². The lowest BCUT2D eigenvalue weighted by molar-refractivity contribution is -0.504. The lowest BCUT2D eigenvalue weighted by atomic mass is 9.77. The molecular formula is C19H17N3O4. The Bertz CT molecular complexity index is 935. The van der Waals surface area contributed by atoms with E-state index in [2.05, 4.69) is 4.99 Å². The second-order valence-corrected chi connectivity index (χ2v) is 6.18. The van der Waals surface area contributed by atoms with Gasteiger partial charge in [-0.25, -0.2) is 0 Å². The third-order valence-electron chi connectivity index (χ3n) is 4.54. The summed E-state index contributed by atoms with van der Waals surface area (Å²) in [6, 6.07) is 14.3. The van der Waals surface area contributed by atoms with Crippen molar-refractivity contribution in [1.29, 1.82) is 0 Å². The molecule has 2 atom stereocenters. The predicted molar refractivity (Wildman–Crippen MR) is 98.8 cm³/mol. The Morgan fingerprint density at radius 3 is 2.27 bits per heavy atom. The average molecular weight is 351 g/mol. The summed E-state index contributed by atoms with van der Waals surface area (Å²) < 4.78 is 0. The van der Waals surface area contributed by atoms with Crippen LogP contribution in [0, 0.1) is 20.2 Å². The first-order valence-electron chi connectivity index (χ1n) is 8.09. The van der Waals surface area contributed by atoms with Crippen LogP contribution in [-0.4, -0.2) is 21.6 Å². The minimum absolute atomic E-state index is 0.0881. The molecule has 2 aromatic carbocycles. The highest BCUT2D eigenvalue weighted by Crippen LogP contribution is 2.42. The van der Waals surface area contributed by atoms with Crippen molar-refractivity contribution in [3.05, 3.63) is 91.6 Å². The van der Waals surface area contributed by atoms with Crippen LogP contribution in [0.1, 0.15) is 30.9 Å². The predicted octanol–water partition coefficient (Wildman–Crippen LogP) is 4.23. The standard InChI is InChI=1S/C19H17N3O4/c1-12-17(14-7-4-3-5-8-14)18(19(22(25)26)13(2)20-12)15-9-6-10-16(11-15)21(23)24/h3-11,18-19H,1-2H3. The minimum Gasteiger partial charge on any atom is -0.264 e. The molecule has 0 bridgehead atoms. The van der Waals surface area contributed by atoms with Crippen LogP contribution in [0.5, 0.6) is 0 Å². The number of hydrogen-bond acceptors (Lipinski definition) is 5. The van der Waals surface area contributed by atoms with Gasteiger partial charge in [-0.15, -0.1) is 0 Å². The molecule has 26 heavy (non-hydrogen) atoms. The number of nitrogens with zero attached hydrogens (tertiary/aromatic N) is 3. The Morgan fingerprint density at radius 1 is 0.962 bits per heavy atom. The maximum Gasteiger partial charge on any atom is 0.269 e. The molecule has 0 spiro atoms. The number of nitro groups is 2. The number of rotatable bonds is 4. The summed E-state index contributed by atoms with van der Waals surface area (Å²) in [4.78, 5) is 26.5. The highest BCUT2D eigenvalue weighted by molar-refractivity contribution is 5.95. The van der Waals surface area contributed by atoms with E-state index in [0.717, 1.165) is 11.1 Å². The van der Waals surface area contributed by atoms with E-state index in [1.54, 1.807) is 19.1 Å². The molecule has 0 N–H and O–H groups in total. The van der Waals surface area contributed by atoms with Crippen molar-refractivity contribution in [2.75, 3.05) is 0 Å². The molecule has 0 saturated heterocycles. The fourth-order valence-electron chi connectivity index (χ4n) is 3.48. The third-order valence-corrected chi connectivity index (χ3v) is 4.54. The maximum absolute atomic E-state index is 11.8. The van der Waals surface area contributed by atoms with Gasteiger partial charge < -0.3 is 0 Å². The first-order chi connectivity index (χ1) is 12.4. The SMILES string of the molecule is CC1=NC(C)=C(c2ccccc2)C(c2cccc([N+](=O)[O-])c2)C1[N+](=O)[O-]. The van der Waals surface area contributed by atoms with Crippen LogP contribution in [0.2, 0.25) is 0 Å². The van der Waals surface area contributed by atoms with E-state index in [1.165, 1.54) is 12.1 Å². The van der Waals surface area contributed by atoms with Crippen LogP contribution in [0.25, 0.3) is 5.57 Å². The Kier molecular flexibility index (Phi) is 4.62. The Labute approximate surface area is 150 Å². The topological polar surface area (TPSA) is 98.6 Å². The van der Waals surface area contributed by atoms with Crippen molar-refractivity contribution < 1.29 is 9.85 Å². The molecule has 0 amide bonds. The average Bonchev–Trinajstić information content (AvgIpc) is 2.61. The molecule has 0 fully saturated rings. The monoisotopic (exact) mass is 351 g/mol. The lowest BCUT2D eigenvalue weighted by Gasteiger charge is -2.29. The molecule has 7 heteroatoms. The van der Waals surface area contributed by atoms with E-state index in [1.807, 2.05) is 37.3 Å². The second-order valence-electron chi connectivity index (χ2n) is 6.18. The fraction of sp³-hybridized carbons (Fsp3) is 0.211. The molecular weight excluding hydrogens is 334 g/mol. The van der Waals surface area contributed by atoms with E-state index >= 15 is 0 Å². The summed E-state index contributed by atoms with van der Waals surface area (Å²) in [7, 11) is 0. The van der Waals surface area contributed by atoms with Crippen LogP contribution in [0.15, 0.2) is 65.3 Å². The van der Waals surface area contributed by atoms with Gasteiger partial charge in [-0.05, 0) is 30.5 Å². The van der Waals surface area contributed by atoms with Gasteiger partial charge in [-0.3, -0.25) is 25.2 Å². The summed E-state index contributed by atoms with van der Waals surface area (Å²) in [5.41, 5.74) is 3.07. The zero-order chi connectivity index (χ0) is 18.8. The van der Waals surface area contributed by atoms with Crippen molar-refractivity contribution in [3.8, 4) is 0 Å². The molecule has 132 valence electrons. The Hall–Kier alpha value is -3.35. The van der Waals surface area contributed by atoms with Crippen molar-refractivity contribution >= 4 is 17.0 Å². The molecule has 2 unspecified atom stereocenters. The normalized spacial score (nSPS) is 19.8. The molecule has 7 nitrogen and oxygen atoms in total. The van der Waals surface area contributed by atoms with E-state index in [9.17, 15) is 20.2 Å². The zero-order valence-electron chi connectivity index (χ0n) is 14.3. The minimum atomic E-state index is -1.07. The molecule has 2 aromatic rings. The number of hydrogen-bond donors (Lipinski definition) is 0. The van der Waals surface area contributed by atoms with Gasteiger partial charge >= 0.3 is 0 Å². The number of aliphatic imine (C=N–C) groups is 1. The summed E-state index contributed by atoms with van der Waals surface area (Å²) in [5.74, 6) is -0.648. The number of nitro benzene ring substituents is 1. The third kappa shape index (κ3) is 3.11. The van der Waals surface area contributed by atoms with Crippen molar-refractivity contribution in [1.82, 2.24) is 0 Å². The maximum atomic E-state index is 11.8. The number of non-ortho nitro benzene ring substituents is 1. The van der Waals surface area contributed by atoms with Crippen LogP contribution in [-0.2, 0) is 0 Å². The summed E-state index contributed by atoms with van der Waals surface area (Å²) in [6.07, 6.45) is 0. The van der Waals surface area contributed by atoms with Gasteiger partial charge in [0.05, 0.1) is 16.6 Å². The summed E-state index contributed by atoms with van der Waals surface area (Å²) in [6.45, 7) is 3.44. The van der Waals surface area contributed by atoms with Crippen molar-refractivity contribution in [2.45, 2.75) is 25.8 Å². The molecule has 0 aromatic heterocycles. The summed E-state index contributed by atoms with van der Waals surface area (Å²) >= 11 is 0. The fourth-order valence-corrected chi connectivity index (χ4v) is 3.48. The van der Waals surface area contributed by atoms with Crippen LogP contribution in [0.4, 0.5) is 5.69 Å². The van der Waals surface area contributed by atoms with Gasteiger partial charge in [0.15, 0.2) is 0 Å². The van der Waals surface area contributed by atoms with Crippen LogP contribution in [0.3, 0.4) is 0 Å². The van der Waals surface area contributed by atoms with Gasteiger partial charge in [-0.2, -0.15) is 0 Å². The van der Waals surface area contributed by atoms with Gasteiger partial charge in [-0.1, -0.05) is 42.5 Å². The van der Waals surface area contributed by atoms with Gasteiger partial charge in [0.2, 0.25) is 0 Å². The number of allylic oxidation sites excluding steroid dienone is 1. The molecule has 1 aliphatic heterocycles. The van der Waals surface area contributed by atoms with E-state index < -0.39 is 16.9 Å². The summed E-state index contributed by atoms with van der Waals surface area (Å²) in [5, 5.41) is 23.0. The highest BCUT2D eigenvalue weighted by atomic mass is 16.6.